The first kappa shape index (κ1) is 13.8. The van der Waals surface area contributed by atoms with E-state index in [-0.39, 0.29) is 11.3 Å². The Bertz CT molecular complexity index is 358. The van der Waals surface area contributed by atoms with Crippen molar-refractivity contribution in [1.82, 2.24) is 0 Å². The summed E-state index contributed by atoms with van der Waals surface area (Å²) < 4.78 is 0. The summed E-state index contributed by atoms with van der Waals surface area (Å²) in [4.78, 5) is 19.9. The molecule has 0 atom stereocenters. The lowest BCUT2D eigenvalue weighted by Crippen LogP contribution is -1.96. The molecule has 0 amide bonds. The van der Waals surface area contributed by atoms with Crippen molar-refractivity contribution < 1.29 is 14.8 Å². The van der Waals surface area contributed by atoms with Gasteiger partial charge in [-0.25, -0.2) is 4.79 Å². The van der Waals surface area contributed by atoms with Crippen LogP contribution in [-0.4, -0.2) is 16.0 Å². The second-order valence-electron chi connectivity index (χ2n) is 3.32. The van der Waals surface area contributed by atoms with E-state index in [1.54, 1.807) is 0 Å². The lowest BCUT2D eigenvalue weighted by Gasteiger charge is -1.92. The highest BCUT2D eigenvalue weighted by atomic mass is 16.6. The smallest absolute Gasteiger partial charge is 0.335 e. The number of benzene rings is 1. The number of hydrogen-bond donors (Lipinski definition) is 1. The molecular weight excluding hydrogens is 210 g/mol. The van der Waals surface area contributed by atoms with Gasteiger partial charge in [-0.2, -0.15) is 0 Å². The second-order valence-corrected chi connectivity index (χ2v) is 3.32. The van der Waals surface area contributed by atoms with Crippen LogP contribution in [0.25, 0.3) is 0 Å². The third-order valence-electron chi connectivity index (χ3n) is 1.33. The van der Waals surface area contributed by atoms with Crippen molar-refractivity contribution in [2.45, 2.75) is 13.8 Å². The van der Waals surface area contributed by atoms with Crippen molar-refractivity contribution in [2.24, 2.45) is 0 Å². The van der Waals surface area contributed by atoms with E-state index in [9.17, 15) is 14.9 Å². The molecule has 0 radical (unpaired) electrons. The van der Waals surface area contributed by atoms with Crippen molar-refractivity contribution >= 4 is 11.7 Å². The Hall–Kier alpha value is -2.17. The molecule has 0 heterocycles. The number of hydrogen-bond acceptors (Lipinski definition) is 3. The fourth-order valence-corrected chi connectivity index (χ4v) is 0.726. The van der Waals surface area contributed by atoms with Crippen LogP contribution in [0, 0.1) is 10.1 Å². The van der Waals surface area contributed by atoms with Crippen LogP contribution >= 0.6 is 0 Å². The Balaban J connectivity index is 0.000000487. The lowest BCUT2D eigenvalue weighted by atomic mass is 10.2. The molecule has 0 aliphatic carbocycles. The van der Waals surface area contributed by atoms with E-state index >= 15 is 0 Å². The highest BCUT2D eigenvalue weighted by Crippen LogP contribution is 2.11. The Kier molecular flexibility index (Phi) is 5.48. The standard InChI is InChI=1S/C7H5NO4.C4H8/c9-7(10)5-1-3-6(4-2-5)8(11)12;1-4(2)3/h1-4H,(H,9,10);1H2,2-3H3. The Labute approximate surface area is 93.2 Å². The van der Waals surface area contributed by atoms with Gasteiger partial charge < -0.3 is 5.11 Å². The Morgan fingerprint density at radius 1 is 1.31 bits per heavy atom. The van der Waals surface area contributed by atoms with Gasteiger partial charge in [0.2, 0.25) is 0 Å². The normalized spacial score (nSPS) is 8.62. The van der Waals surface area contributed by atoms with Crippen LogP contribution in [0.2, 0.25) is 0 Å². The van der Waals surface area contributed by atoms with Gasteiger partial charge in [-0.15, -0.1) is 6.58 Å². The van der Waals surface area contributed by atoms with Crippen molar-refractivity contribution in [2.75, 3.05) is 0 Å². The molecule has 0 spiro atoms. The molecule has 0 aromatic heterocycles. The summed E-state index contributed by atoms with van der Waals surface area (Å²) in [6.07, 6.45) is 0. The van der Waals surface area contributed by atoms with E-state index in [0.717, 1.165) is 12.1 Å². The predicted octanol–water partition coefficient (Wildman–Crippen LogP) is 2.88. The molecule has 0 aliphatic rings. The van der Waals surface area contributed by atoms with E-state index in [1.807, 2.05) is 13.8 Å². The molecule has 16 heavy (non-hydrogen) atoms. The molecule has 0 bridgehead atoms. The minimum atomic E-state index is -1.09. The molecule has 0 saturated carbocycles. The number of nitrogens with zero attached hydrogens (tertiary/aromatic N) is 1. The zero-order valence-electron chi connectivity index (χ0n) is 9.14. The summed E-state index contributed by atoms with van der Waals surface area (Å²) in [7, 11) is 0. The summed E-state index contributed by atoms with van der Waals surface area (Å²) in [6, 6.07) is 4.70. The van der Waals surface area contributed by atoms with Gasteiger partial charge in [-0.05, 0) is 26.0 Å². The molecule has 0 fully saturated rings. The van der Waals surface area contributed by atoms with Gasteiger partial charge in [0.25, 0.3) is 5.69 Å². The zero-order valence-corrected chi connectivity index (χ0v) is 9.14. The average Bonchev–Trinajstić information content (AvgIpc) is 2.17. The maximum absolute atomic E-state index is 10.3. The van der Waals surface area contributed by atoms with E-state index in [4.69, 9.17) is 5.11 Å². The van der Waals surface area contributed by atoms with Gasteiger partial charge in [0, 0.05) is 12.1 Å². The van der Waals surface area contributed by atoms with Gasteiger partial charge in [0.15, 0.2) is 0 Å². The largest absolute Gasteiger partial charge is 0.478 e. The van der Waals surface area contributed by atoms with Crippen molar-refractivity contribution in [1.29, 1.82) is 0 Å². The maximum atomic E-state index is 10.3. The van der Waals surface area contributed by atoms with E-state index in [0.29, 0.717) is 0 Å². The highest BCUT2D eigenvalue weighted by molar-refractivity contribution is 5.87. The number of non-ortho nitro benzene ring substituents is 1. The number of aromatic carboxylic acids is 1. The average molecular weight is 223 g/mol. The Morgan fingerprint density at radius 2 is 1.69 bits per heavy atom. The van der Waals surface area contributed by atoms with E-state index in [1.165, 1.54) is 17.7 Å². The first-order chi connectivity index (χ1) is 7.34. The highest BCUT2D eigenvalue weighted by Gasteiger charge is 2.06. The van der Waals surface area contributed by atoms with Gasteiger partial charge in [0.05, 0.1) is 10.5 Å². The van der Waals surface area contributed by atoms with Crippen LogP contribution < -0.4 is 0 Å². The summed E-state index contributed by atoms with van der Waals surface area (Å²) in [5.41, 5.74) is 1.10. The van der Waals surface area contributed by atoms with Crippen LogP contribution in [-0.2, 0) is 0 Å². The SMILES string of the molecule is C=C(C)C.O=C(O)c1ccc([N+](=O)[O-])cc1. The summed E-state index contributed by atoms with van der Waals surface area (Å²) in [6.45, 7) is 7.50. The summed E-state index contributed by atoms with van der Waals surface area (Å²) in [5.74, 6) is -1.09. The van der Waals surface area contributed by atoms with Crippen molar-refractivity contribution in [3.8, 4) is 0 Å². The molecule has 0 saturated heterocycles. The van der Waals surface area contributed by atoms with Gasteiger partial charge in [-0.1, -0.05) is 5.57 Å². The van der Waals surface area contributed by atoms with E-state index in [2.05, 4.69) is 6.58 Å². The third kappa shape index (κ3) is 5.54. The minimum absolute atomic E-state index is 0.0422. The monoisotopic (exact) mass is 223 g/mol. The van der Waals surface area contributed by atoms with Crippen molar-refractivity contribution in [3.63, 3.8) is 0 Å². The molecule has 1 N–H and O–H groups in total. The quantitative estimate of drug-likeness (QED) is 0.475. The molecule has 5 heteroatoms. The lowest BCUT2D eigenvalue weighted by molar-refractivity contribution is -0.384. The molecule has 5 nitrogen and oxygen atoms in total. The molecule has 1 rings (SSSR count). The maximum Gasteiger partial charge on any atom is 0.335 e. The first-order valence-corrected chi connectivity index (χ1v) is 4.44. The number of rotatable bonds is 2. The minimum Gasteiger partial charge on any atom is -0.478 e. The topological polar surface area (TPSA) is 80.4 Å². The summed E-state index contributed by atoms with van der Waals surface area (Å²) in [5, 5.41) is 18.6. The number of carboxylic acid groups (broad SMARTS) is 1. The van der Waals surface area contributed by atoms with Crippen LogP contribution in [0.1, 0.15) is 24.2 Å². The van der Waals surface area contributed by atoms with Gasteiger partial charge >= 0.3 is 5.97 Å². The number of carbonyl (C=O) groups is 1. The van der Waals surface area contributed by atoms with Crippen LogP contribution in [0.3, 0.4) is 0 Å². The molecule has 1 aromatic carbocycles. The molecular formula is C11H13NO4. The second kappa shape index (κ2) is 6.34. The zero-order chi connectivity index (χ0) is 12.7. The third-order valence-corrected chi connectivity index (χ3v) is 1.33. The van der Waals surface area contributed by atoms with Gasteiger partial charge in [-0.3, -0.25) is 10.1 Å². The number of carboxylic acids is 1. The predicted molar refractivity (Wildman–Crippen MR) is 60.5 cm³/mol. The van der Waals surface area contributed by atoms with Crippen LogP contribution in [0.5, 0.6) is 0 Å². The molecule has 1 aromatic rings. The molecule has 0 unspecified atom stereocenters. The fraction of sp³-hybridized carbons (Fsp3) is 0.182. The van der Waals surface area contributed by atoms with Gasteiger partial charge in [0.1, 0.15) is 0 Å². The van der Waals surface area contributed by atoms with Crippen LogP contribution in [0.4, 0.5) is 5.69 Å². The number of nitro groups is 1. The van der Waals surface area contributed by atoms with E-state index < -0.39 is 10.9 Å². The molecule has 86 valence electrons. The number of allylic oxidation sites excluding steroid dienone is 1. The van der Waals surface area contributed by atoms with Crippen LogP contribution in [0.15, 0.2) is 36.4 Å². The first-order valence-electron chi connectivity index (χ1n) is 4.44. The Morgan fingerprint density at radius 3 is 1.94 bits per heavy atom. The van der Waals surface area contributed by atoms with Crippen molar-refractivity contribution in [3.05, 3.63) is 52.1 Å². The summed E-state index contributed by atoms with van der Waals surface area (Å²) >= 11 is 0. The number of nitro benzene ring substituents is 1. The fourth-order valence-electron chi connectivity index (χ4n) is 0.726. The molecule has 0 aliphatic heterocycles.